The number of hydrogen-bond acceptors (Lipinski definition) is 3. The molecule has 1 saturated carbocycles. The number of benzene rings is 1. The van der Waals surface area contributed by atoms with Crippen molar-refractivity contribution in [3.05, 3.63) is 29.8 Å². The first-order valence-electron chi connectivity index (χ1n) is 7.72. The zero-order chi connectivity index (χ0) is 14.2. The van der Waals surface area contributed by atoms with Gasteiger partial charge in [-0.25, -0.2) is 0 Å². The van der Waals surface area contributed by atoms with Crippen LogP contribution >= 0.6 is 0 Å². The maximum atomic E-state index is 5.39. The summed E-state index contributed by atoms with van der Waals surface area (Å²) in [7, 11) is 1.79. The summed E-state index contributed by atoms with van der Waals surface area (Å²) in [6.45, 7) is 7.47. The molecular weight excluding hydrogens is 248 g/mol. The van der Waals surface area contributed by atoms with Crippen LogP contribution in [-0.4, -0.2) is 31.8 Å². The van der Waals surface area contributed by atoms with Crippen LogP contribution in [0.3, 0.4) is 0 Å². The lowest BCUT2D eigenvalue weighted by Gasteiger charge is -2.38. The zero-order valence-electron chi connectivity index (χ0n) is 12.9. The highest BCUT2D eigenvalue weighted by Gasteiger charge is 2.44. The second kappa shape index (κ2) is 5.38. The van der Waals surface area contributed by atoms with E-state index in [0.717, 1.165) is 25.6 Å². The van der Waals surface area contributed by atoms with Crippen molar-refractivity contribution in [1.82, 2.24) is 5.32 Å². The number of hydrogen-bond donors (Lipinski definition) is 1. The Morgan fingerprint density at radius 1 is 1.40 bits per heavy atom. The van der Waals surface area contributed by atoms with Crippen molar-refractivity contribution in [1.29, 1.82) is 0 Å². The van der Waals surface area contributed by atoms with E-state index in [4.69, 9.17) is 4.74 Å². The van der Waals surface area contributed by atoms with Crippen LogP contribution in [0.5, 0.6) is 0 Å². The maximum absolute atomic E-state index is 5.39. The molecule has 2 aliphatic rings. The molecule has 20 heavy (non-hydrogen) atoms. The molecule has 2 unspecified atom stereocenters. The van der Waals surface area contributed by atoms with Crippen molar-refractivity contribution < 1.29 is 4.74 Å². The number of anilines is 1. The summed E-state index contributed by atoms with van der Waals surface area (Å²) in [4.78, 5) is 2.54. The van der Waals surface area contributed by atoms with Gasteiger partial charge in [0, 0.05) is 37.5 Å². The Morgan fingerprint density at radius 3 is 2.85 bits per heavy atom. The molecule has 1 N–H and O–H groups in total. The van der Waals surface area contributed by atoms with E-state index in [1.165, 1.54) is 24.1 Å². The predicted molar refractivity (Wildman–Crippen MR) is 83.1 cm³/mol. The second-order valence-corrected chi connectivity index (χ2v) is 6.61. The summed E-state index contributed by atoms with van der Waals surface area (Å²) in [6, 6.07) is 9.18. The Balaban J connectivity index is 1.93. The smallest absolute Gasteiger partial charge is 0.0663 e. The van der Waals surface area contributed by atoms with Crippen LogP contribution in [0.1, 0.15) is 32.3 Å². The molecule has 1 aliphatic carbocycles. The lowest BCUT2D eigenvalue weighted by atomic mass is 9.94. The minimum absolute atomic E-state index is 0.223. The highest BCUT2D eigenvalue weighted by molar-refractivity contribution is 5.56. The minimum atomic E-state index is 0.223. The highest BCUT2D eigenvalue weighted by Crippen LogP contribution is 2.42. The third-order valence-corrected chi connectivity index (χ3v) is 4.90. The molecule has 0 saturated heterocycles. The van der Waals surface area contributed by atoms with E-state index >= 15 is 0 Å². The molecule has 1 aromatic rings. The van der Waals surface area contributed by atoms with Crippen molar-refractivity contribution in [2.24, 2.45) is 5.92 Å². The molecule has 1 aromatic carbocycles. The lowest BCUT2D eigenvalue weighted by molar-refractivity contribution is 0.177. The normalized spacial score (nSPS) is 27.9. The summed E-state index contributed by atoms with van der Waals surface area (Å²) in [5.41, 5.74) is 3.00. The zero-order valence-corrected chi connectivity index (χ0v) is 12.9. The highest BCUT2D eigenvalue weighted by atomic mass is 16.5. The van der Waals surface area contributed by atoms with Gasteiger partial charge in [-0.2, -0.15) is 0 Å². The first-order valence-corrected chi connectivity index (χ1v) is 7.72. The van der Waals surface area contributed by atoms with Gasteiger partial charge in [-0.3, -0.25) is 0 Å². The summed E-state index contributed by atoms with van der Waals surface area (Å²) < 4.78 is 5.39. The first-order chi connectivity index (χ1) is 9.64. The summed E-state index contributed by atoms with van der Waals surface area (Å²) >= 11 is 0. The van der Waals surface area contributed by atoms with Gasteiger partial charge < -0.3 is 15.0 Å². The fourth-order valence-corrected chi connectivity index (χ4v) is 3.45. The van der Waals surface area contributed by atoms with Gasteiger partial charge in [-0.15, -0.1) is 0 Å². The van der Waals surface area contributed by atoms with Crippen molar-refractivity contribution in [3.8, 4) is 0 Å². The van der Waals surface area contributed by atoms with E-state index in [-0.39, 0.29) is 5.54 Å². The minimum Gasteiger partial charge on any atom is -0.383 e. The van der Waals surface area contributed by atoms with E-state index < -0.39 is 0 Å². The Kier molecular flexibility index (Phi) is 3.74. The van der Waals surface area contributed by atoms with Gasteiger partial charge in [0.15, 0.2) is 0 Å². The average Bonchev–Trinajstić information content (AvgIpc) is 3.27. The monoisotopic (exact) mass is 274 g/mol. The van der Waals surface area contributed by atoms with Gasteiger partial charge >= 0.3 is 0 Å². The van der Waals surface area contributed by atoms with Crippen molar-refractivity contribution in [2.75, 3.05) is 25.2 Å². The van der Waals surface area contributed by atoms with Gasteiger partial charge in [0.2, 0.25) is 0 Å². The fourth-order valence-electron chi connectivity index (χ4n) is 3.45. The molecule has 110 valence electrons. The summed E-state index contributed by atoms with van der Waals surface area (Å²) in [6.07, 6.45) is 2.73. The van der Waals surface area contributed by atoms with E-state index in [1.54, 1.807) is 7.11 Å². The van der Waals surface area contributed by atoms with Crippen LogP contribution in [0.2, 0.25) is 0 Å². The van der Waals surface area contributed by atoms with E-state index in [2.05, 4.69) is 48.3 Å². The van der Waals surface area contributed by atoms with Gasteiger partial charge in [0.25, 0.3) is 0 Å². The van der Waals surface area contributed by atoms with Crippen molar-refractivity contribution in [3.63, 3.8) is 0 Å². The molecule has 3 rings (SSSR count). The Bertz CT molecular complexity index is 472. The maximum Gasteiger partial charge on any atom is 0.0663 e. The summed E-state index contributed by atoms with van der Waals surface area (Å²) in [5.74, 6) is 0.828. The molecule has 2 atom stereocenters. The molecule has 3 nitrogen and oxygen atoms in total. The average molecular weight is 274 g/mol. The third kappa shape index (κ3) is 2.57. The van der Waals surface area contributed by atoms with Crippen LogP contribution < -0.4 is 10.2 Å². The van der Waals surface area contributed by atoms with Crippen LogP contribution in [0.25, 0.3) is 0 Å². The Morgan fingerprint density at radius 2 is 2.15 bits per heavy atom. The first kappa shape index (κ1) is 13.9. The number of ether oxygens (including phenoxy) is 1. The number of para-hydroxylation sites is 1. The number of nitrogens with zero attached hydrogens (tertiary/aromatic N) is 1. The number of rotatable bonds is 4. The SMILES string of the molecule is COCC(C)N1CC(C)(C2CC2)NCc2ccccc21. The molecule has 0 amide bonds. The van der Waals surface area contributed by atoms with E-state index in [1.807, 2.05) is 0 Å². The van der Waals surface area contributed by atoms with Gasteiger partial charge in [-0.05, 0) is 44.2 Å². The Labute approximate surface area is 122 Å². The number of methoxy groups -OCH3 is 1. The largest absolute Gasteiger partial charge is 0.383 e. The molecular formula is C17H26N2O. The topological polar surface area (TPSA) is 24.5 Å². The van der Waals surface area contributed by atoms with E-state index in [0.29, 0.717) is 6.04 Å². The lowest BCUT2D eigenvalue weighted by Crippen LogP contribution is -2.53. The predicted octanol–water partition coefficient (Wildman–Crippen LogP) is 2.80. The van der Waals surface area contributed by atoms with Crippen LogP contribution in [0, 0.1) is 5.92 Å². The molecule has 1 heterocycles. The molecule has 0 radical (unpaired) electrons. The molecule has 3 heteroatoms. The quantitative estimate of drug-likeness (QED) is 0.913. The fraction of sp³-hybridized carbons (Fsp3) is 0.647. The van der Waals surface area contributed by atoms with Gasteiger partial charge in [-0.1, -0.05) is 18.2 Å². The van der Waals surface area contributed by atoms with Gasteiger partial charge in [0.05, 0.1) is 6.61 Å². The molecule has 0 bridgehead atoms. The third-order valence-electron chi connectivity index (χ3n) is 4.90. The molecule has 0 spiro atoms. The van der Waals surface area contributed by atoms with Crippen LogP contribution in [0.4, 0.5) is 5.69 Å². The van der Waals surface area contributed by atoms with Crippen LogP contribution in [0.15, 0.2) is 24.3 Å². The molecule has 1 aliphatic heterocycles. The second-order valence-electron chi connectivity index (χ2n) is 6.61. The van der Waals surface area contributed by atoms with Crippen LogP contribution in [-0.2, 0) is 11.3 Å². The van der Waals surface area contributed by atoms with E-state index in [9.17, 15) is 0 Å². The number of fused-ring (bicyclic) bond motifs is 1. The molecule has 1 fully saturated rings. The van der Waals surface area contributed by atoms with Gasteiger partial charge in [0.1, 0.15) is 0 Å². The van der Waals surface area contributed by atoms with Crippen molar-refractivity contribution >= 4 is 5.69 Å². The summed E-state index contributed by atoms with van der Waals surface area (Å²) in [5, 5.41) is 3.82. The standard InChI is InChI=1S/C17H26N2O/c1-13(11-20-3)19-12-17(2,15-8-9-15)18-10-14-6-4-5-7-16(14)19/h4-7,13,15,18H,8-12H2,1-3H3. The number of nitrogens with one attached hydrogen (secondary N) is 1. The van der Waals surface area contributed by atoms with Crippen molar-refractivity contribution in [2.45, 2.75) is 44.8 Å². The Hall–Kier alpha value is -1.06. The molecule has 0 aromatic heterocycles.